The monoisotopic (exact) mass is 354 g/mol. The van der Waals surface area contributed by atoms with Gasteiger partial charge in [-0.25, -0.2) is 13.9 Å². The molecule has 2 heterocycles. The zero-order valence-electron chi connectivity index (χ0n) is 12.7. The molecule has 1 aliphatic rings. The van der Waals surface area contributed by atoms with Crippen LogP contribution >= 0.6 is 11.6 Å². The van der Waals surface area contributed by atoms with Crippen molar-refractivity contribution in [2.75, 3.05) is 13.2 Å². The molecule has 0 aliphatic carbocycles. The van der Waals surface area contributed by atoms with Crippen molar-refractivity contribution in [1.82, 2.24) is 19.7 Å². The molecule has 0 bridgehead atoms. The van der Waals surface area contributed by atoms with Crippen LogP contribution in [-0.4, -0.2) is 33.5 Å². The summed E-state index contributed by atoms with van der Waals surface area (Å²) in [5.41, 5.74) is 0.226. The van der Waals surface area contributed by atoms with Gasteiger partial charge in [0.1, 0.15) is 18.7 Å². The molecule has 9 heteroatoms. The molecule has 1 fully saturated rings. The van der Waals surface area contributed by atoms with Crippen LogP contribution in [0.4, 0.5) is 4.39 Å². The van der Waals surface area contributed by atoms with Crippen molar-refractivity contribution in [3.05, 3.63) is 51.4 Å². The van der Waals surface area contributed by atoms with Crippen molar-refractivity contribution in [1.29, 1.82) is 0 Å². The highest BCUT2D eigenvalue weighted by atomic mass is 35.5. The lowest BCUT2D eigenvalue weighted by atomic mass is 10.2. The third-order valence-electron chi connectivity index (χ3n) is 3.82. The molecule has 0 radical (unpaired) electrons. The lowest BCUT2D eigenvalue weighted by Crippen LogP contribution is -2.34. The summed E-state index contributed by atoms with van der Waals surface area (Å²) in [6.07, 6.45) is 2.17. The SMILES string of the molecule is O=C(Cn1ncn([C@H]2CCOC2)c1=O)NCc1ccc(Cl)c(F)c1. The molecule has 1 atom stereocenters. The molecule has 3 rings (SSSR count). The Morgan fingerprint density at radius 2 is 2.33 bits per heavy atom. The van der Waals surface area contributed by atoms with Crippen LogP contribution in [0.3, 0.4) is 0 Å². The van der Waals surface area contributed by atoms with Gasteiger partial charge in [0.15, 0.2) is 0 Å². The predicted molar refractivity (Wildman–Crippen MR) is 84.2 cm³/mol. The minimum absolute atomic E-state index is 0.0260. The van der Waals surface area contributed by atoms with E-state index in [1.807, 2.05) is 0 Å². The molecule has 1 N–H and O–H groups in total. The molecule has 24 heavy (non-hydrogen) atoms. The highest BCUT2D eigenvalue weighted by molar-refractivity contribution is 6.30. The summed E-state index contributed by atoms with van der Waals surface area (Å²) in [4.78, 5) is 24.2. The van der Waals surface area contributed by atoms with Gasteiger partial charge in [-0.1, -0.05) is 17.7 Å². The van der Waals surface area contributed by atoms with E-state index in [1.165, 1.54) is 23.0 Å². The molecule has 0 saturated carbocycles. The normalized spacial score (nSPS) is 17.2. The van der Waals surface area contributed by atoms with Gasteiger partial charge in [-0.15, -0.1) is 0 Å². The van der Waals surface area contributed by atoms with Crippen LogP contribution in [0.2, 0.25) is 5.02 Å². The van der Waals surface area contributed by atoms with Crippen LogP contribution in [0.5, 0.6) is 0 Å². The number of amides is 1. The zero-order valence-corrected chi connectivity index (χ0v) is 13.5. The second-order valence-electron chi connectivity index (χ2n) is 5.52. The molecular formula is C15H16ClFN4O3. The Morgan fingerprint density at radius 3 is 3.04 bits per heavy atom. The number of carbonyl (C=O) groups is 1. The summed E-state index contributed by atoms with van der Waals surface area (Å²) in [7, 11) is 0. The summed E-state index contributed by atoms with van der Waals surface area (Å²) < 4.78 is 21.2. The maximum atomic E-state index is 13.3. The molecule has 2 aromatic rings. The van der Waals surface area contributed by atoms with Gasteiger partial charge in [-0.2, -0.15) is 5.10 Å². The fraction of sp³-hybridized carbons (Fsp3) is 0.400. The molecular weight excluding hydrogens is 339 g/mol. The molecule has 1 aromatic carbocycles. The van der Waals surface area contributed by atoms with E-state index in [2.05, 4.69) is 10.4 Å². The van der Waals surface area contributed by atoms with Gasteiger partial charge in [-0.3, -0.25) is 9.36 Å². The van der Waals surface area contributed by atoms with Crippen LogP contribution < -0.4 is 11.0 Å². The van der Waals surface area contributed by atoms with Crippen LogP contribution in [0.1, 0.15) is 18.0 Å². The maximum absolute atomic E-state index is 13.3. The molecule has 1 aliphatic heterocycles. The lowest BCUT2D eigenvalue weighted by Gasteiger charge is -2.07. The smallest absolute Gasteiger partial charge is 0.346 e. The number of aromatic nitrogens is 3. The number of nitrogens with one attached hydrogen (secondary N) is 1. The van der Waals surface area contributed by atoms with E-state index in [4.69, 9.17) is 16.3 Å². The Bertz CT molecular complexity index is 798. The standard InChI is InChI=1S/C15H16ClFN4O3/c16-12-2-1-10(5-13(12)17)6-18-14(22)7-21-15(23)20(9-19-21)11-3-4-24-8-11/h1-2,5,9,11H,3-4,6-8H2,(H,18,22)/t11-/m0/s1. The molecule has 0 spiro atoms. The fourth-order valence-corrected chi connectivity index (χ4v) is 2.61. The summed E-state index contributed by atoms with van der Waals surface area (Å²) >= 11 is 5.60. The van der Waals surface area contributed by atoms with Crippen molar-refractivity contribution < 1.29 is 13.9 Å². The largest absolute Gasteiger partial charge is 0.379 e. The number of rotatable bonds is 5. The second kappa shape index (κ2) is 7.14. The first kappa shape index (κ1) is 16.7. The Labute approximate surface area is 142 Å². The maximum Gasteiger partial charge on any atom is 0.346 e. The van der Waals surface area contributed by atoms with Crippen LogP contribution in [0.25, 0.3) is 0 Å². The van der Waals surface area contributed by atoms with Gasteiger partial charge in [0.2, 0.25) is 5.91 Å². The van der Waals surface area contributed by atoms with Crippen molar-refractivity contribution in [3.63, 3.8) is 0 Å². The topological polar surface area (TPSA) is 78.2 Å². The van der Waals surface area contributed by atoms with E-state index >= 15 is 0 Å². The van der Waals surface area contributed by atoms with E-state index in [9.17, 15) is 14.0 Å². The number of hydrogen-bond acceptors (Lipinski definition) is 4. The van der Waals surface area contributed by atoms with Crippen molar-refractivity contribution in [2.45, 2.75) is 25.6 Å². The average Bonchev–Trinajstić information content (AvgIpc) is 3.19. The predicted octanol–water partition coefficient (Wildman–Crippen LogP) is 1.12. The molecule has 7 nitrogen and oxygen atoms in total. The summed E-state index contributed by atoms with van der Waals surface area (Å²) in [5.74, 6) is -0.933. The highest BCUT2D eigenvalue weighted by Gasteiger charge is 2.21. The molecule has 1 aromatic heterocycles. The molecule has 1 amide bonds. The van der Waals surface area contributed by atoms with E-state index in [-0.39, 0.29) is 35.8 Å². The number of carbonyl (C=O) groups excluding carboxylic acids is 1. The van der Waals surface area contributed by atoms with Crippen molar-refractivity contribution in [3.8, 4) is 0 Å². The van der Waals surface area contributed by atoms with Gasteiger partial charge >= 0.3 is 5.69 Å². The van der Waals surface area contributed by atoms with E-state index in [1.54, 1.807) is 6.07 Å². The van der Waals surface area contributed by atoms with E-state index in [0.717, 1.165) is 11.1 Å². The number of ether oxygens (including phenoxy) is 1. The van der Waals surface area contributed by atoms with E-state index < -0.39 is 5.82 Å². The Balaban J connectivity index is 1.58. The molecule has 1 saturated heterocycles. The summed E-state index contributed by atoms with van der Waals surface area (Å²) in [6.45, 7) is 1.02. The van der Waals surface area contributed by atoms with Gasteiger partial charge in [0.05, 0.1) is 17.7 Å². The van der Waals surface area contributed by atoms with Gasteiger partial charge < -0.3 is 10.1 Å². The number of hydrogen-bond donors (Lipinski definition) is 1. The Hall–Kier alpha value is -2.19. The Kier molecular flexibility index (Phi) is 4.96. The lowest BCUT2D eigenvalue weighted by molar-refractivity contribution is -0.122. The first-order valence-corrected chi connectivity index (χ1v) is 7.84. The summed E-state index contributed by atoms with van der Waals surface area (Å²) in [5, 5.41) is 6.60. The first-order valence-electron chi connectivity index (χ1n) is 7.47. The molecule has 128 valence electrons. The number of nitrogens with zero attached hydrogens (tertiary/aromatic N) is 3. The van der Waals surface area contributed by atoms with Crippen LogP contribution in [0, 0.1) is 5.82 Å². The third-order valence-corrected chi connectivity index (χ3v) is 4.13. The Morgan fingerprint density at radius 1 is 1.50 bits per heavy atom. The first-order chi connectivity index (χ1) is 11.5. The van der Waals surface area contributed by atoms with Crippen LogP contribution in [-0.2, 0) is 22.6 Å². The van der Waals surface area contributed by atoms with Gasteiger partial charge in [-0.05, 0) is 24.1 Å². The molecule has 0 unspecified atom stereocenters. The number of halogens is 2. The van der Waals surface area contributed by atoms with Gasteiger partial charge in [0, 0.05) is 13.2 Å². The van der Waals surface area contributed by atoms with Crippen molar-refractivity contribution >= 4 is 17.5 Å². The minimum Gasteiger partial charge on any atom is -0.379 e. The number of benzene rings is 1. The van der Waals surface area contributed by atoms with Crippen molar-refractivity contribution in [2.24, 2.45) is 0 Å². The average molecular weight is 355 g/mol. The summed E-state index contributed by atoms with van der Waals surface area (Å²) in [6, 6.07) is 4.26. The second-order valence-corrected chi connectivity index (χ2v) is 5.93. The fourth-order valence-electron chi connectivity index (χ4n) is 2.49. The van der Waals surface area contributed by atoms with E-state index in [0.29, 0.717) is 18.8 Å². The highest BCUT2D eigenvalue weighted by Crippen LogP contribution is 2.16. The zero-order chi connectivity index (χ0) is 17.1. The van der Waals surface area contributed by atoms with Gasteiger partial charge in [0.25, 0.3) is 0 Å². The third kappa shape index (κ3) is 3.65. The van der Waals surface area contributed by atoms with Crippen LogP contribution in [0.15, 0.2) is 29.3 Å². The minimum atomic E-state index is -0.544. The quantitative estimate of drug-likeness (QED) is 0.872.